The molecule has 140 valence electrons. The van der Waals surface area contributed by atoms with Gasteiger partial charge in [-0.05, 0) is 25.0 Å². The molecule has 1 aromatic rings. The van der Waals surface area contributed by atoms with Gasteiger partial charge in [0, 0.05) is 11.6 Å². The number of allylic oxidation sites excluding steroid dienone is 1. The highest BCUT2D eigenvalue weighted by atomic mass is 35.5. The fraction of sp³-hybridized carbons (Fsp3) is 0.389. The van der Waals surface area contributed by atoms with Crippen LogP contribution >= 0.6 is 11.6 Å². The maximum atomic E-state index is 14.5. The number of hydrogen-bond donors (Lipinski definition) is 2. The quantitative estimate of drug-likeness (QED) is 0.667. The largest absolute Gasteiger partial charge is 1.00 e. The van der Waals surface area contributed by atoms with Gasteiger partial charge >= 0.3 is 5.96 Å². The Morgan fingerprint density at radius 1 is 1.31 bits per heavy atom. The van der Waals surface area contributed by atoms with Crippen LogP contribution in [0, 0.1) is 5.82 Å². The second-order valence-electron chi connectivity index (χ2n) is 6.08. The molecular weight excluding hydrogens is 376 g/mol. The molecule has 8 heteroatoms. The van der Waals surface area contributed by atoms with Crippen LogP contribution in [0.4, 0.5) is 4.39 Å². The van der Waals surface area contributed by atoms with Crippen molar-refractivity contribution in [1.82, 2.24) is 5.32 Å². The highest BCUT2D eigenvalue weighted by molar-refractivity contribution is 6.34. The molecule has 2 aliphatic heterocycles. The number of nitrogens with zero attached hydrogens (tertiary/aromatic N) is 3. The van der Waals surface area contributed by atoms with Crippen LogP contribution < -0.4 is 22.7 Å². The summed E-state index contributed by atoms with van der Waals surface area (Å²) < 4.78 is 14.5. The van der Waals surface area contributed by atoms with E-state index in [-0.39, 0.29) is 24.3 Å². The SMILES string of the molecule is CCCCC(CC)NC1=C(c2c(F)cccc2Cl)C=NC2=NC=N[NH+]21.[Cl-]. The minimum Gasteiger partial charge on any atom is -1.00 e. The van der Waals surface area contributed by atoms with E-state index in [2.05, 4.69) is 34.3 Å². The summed E-state index contributed by atoms with van der Waals surface area (Å²) in [5.74, 6) is 0.916. The normalized spacial score (nSPS) is 19.1. The van der Waals surface area contributed by atoms with Crippen molar-refractivity contribution in [3.05, 3.63) is 40.4 Å². The molecule has 3 rings (SSSR count). The molecule has 0 saturated heterocycles. The fourth-order valence-corrected chi connectivity index (χ4v) is 3.24. The Hall–Kier alpha value is -1.76. The van der Waals surface area contributed by atoms with E-state index in [1.165, 1.54) is 12.4 Å². The molecule has 2 aliphatic rings. The van der Waals surface area contributed by atoms with Crippen LogP contribution in [0.5, 0.6) is 0 Å². The van der Waals surface area contributed by atoms with E-state index in [1.807, 2.05) is 0 Å². The first kappa shape index (κ1) is 20.6. The van der Waals surface area contributed by atoms with E-state index in [0.29, 0.717) is 27.1 Å². The molecule has 2 atom stereocenters. The maximum absolute atomic E-state index is 14.5. The molecule has 5 nitrogen and oxygen atoms in total. The molecule has 0 bridgehead atoms. The first-order chi connectivity index (χ1) is 12.2. The summed E-state index contributed by atoms with van der Waals surface area (Å²) in [4.78, 5) is 8.48. The van der Waals surface area contributed by atoms with Crippen molar-refractivity contribution in [2.75, 3.05) is 0 Å². The van der Waals surface area contributed by atoms with E-state index in [0.717, 1.165) is 31.5 Å². The maximum Gasteiger partial charge on any atom is 0.362 e. The molecule has 26 heavy (non-hydrogen) atoms. The summed E-state index contributed by atoms with van der Waals surface area (Å²) in [5.41, 5.74) is 0.959. The molecule has 0 amide bonds. The molecule has 0 saturated carbocycles. The van der Waals surface area contributed by atoms with Crippen molar-refractivity contribution >= 4 is 35.7 Å². The zero-order valence-electron chi connectivity index (χ0n) is 14.8. The summed E-state index contributed by atoms with van der Waals surface area (Å²) in [7, 11) is 0. The monoisotopic (exact) mass is 397 g/mol. The zero-order valence-corrected chi connectivity index (χ0v) is 16.3. The van der Waals surface area contributed by atoms with Crippen LogP contribution in [-0.4, -0.2) is 24.6 Å². The lowest BCUT2D eigenvalue weighted by atomic mass is 10.0. The number of unbranched alkanes of at least 4 members (excludes halogenated alkanes) is 1. The molecular formula is C18H22Cl2FN5. The van der Waals surface area contributed by atoms with Gasteiger partial charge in [0.1, 0.15) is 5.82 Å². The van der Waals surface area contributed by atoms with Crippen molar-refractivity contribution in [2.45, 2.75) is 45.6 Å². The van der Waals surface area contributed by atoms with Crippen molar-refractivity contribution in [3.8, 4) is 0 Å². The summed E-state index contributed by atoms with van der Waals surface area (Å²) in [5, 5.41) is 8.87. The van der Waals surface area contributed by atoms with Crippen molar-refractivity contribution in [1.29, 1.82) is 0 Å². The van der Waals surface area contributed by atoms with E-state index in [1.54, 1.807) is 18.3 Å². The lowest BCUT2D eigenvalue weighted by Gasteiger charge is -2.24. The van der Waals surface area contributed by atoms with E-state index >= 15 is 0 Å². The topological polar surface area (TPSA) is 53.5 Å². The van der Waals surface area contributed by atoms with Gasteiger partial charge < -0.3 is 17.7 Å². The second kappa shape index (κ2) is 9.26. The van der Waals surface area contributed by atoms with Crippen LogP contribution in [0.1, 0.15) is 45.1 Å². The molecule has 0 radical (unpaired) electrons. The number of nitrogens with one attached hydrogen (secondary N) is 2. The average molecular weight is 398 g/mol. The molecule has 0 spiro atoms. The molecule has 0 aliphatic carbocycles. The number of fused-ring (bicyclic) bond motifs is 1. The van der Waals surface area contributed by atoms with Gasteiger partial charge in [-0.15, -0.1) is 0 Å². The number of quaternary nitrogens is 1. The predicted molar refractivity (Wildman–Crippen MR) is 100 cm³/mol. The average Bonchev–Trinajstić information content (AvgIpc) is 3.08. The van der Waals surface area contributed by atoms with Gasteiger partial charge in [0.15, 0.2) is 6.34 Å². The minimum absolute atomic E-state index is 0. The zero-order chi connectivity index (χ0) is 17.8. The summed E-state index contributed by atoms with van der Waals surface area (Å²) in [6.07, 6.45) is 7.35. The van der Waals surface area contributed by atoms with E-state index < -0.39 is 0 Å². The van der Waals surface area contributed by atoms with Gasteiger partial charge in [0.05, 0.1) is 16.8 Å². The van der Waals surface area contributed by atoms with Crippen molar-refractivity contribution < 1.29 is 21.8 Å². The third kappa shape index (κ3) is 4.14. The number of halogens is 3. The molecule has 0 aromatic heterocycles. The number of benzene rings is 1. The number of guanidine groups is 1. The third-order valence-corrected chi connectivity index (χ3v) is 4.70. The lowest BCUT2D eigenvalue weighted by Crippen LogP contribution is -3.09. The molecule has 1 aromatic carbocycles. The molecule has 2 unspecified atom stereocenters. The number of rotatable bonds is 7. The molecule has 2 heterocycles. The Balaban J connectivity index is 0.00000243. The first-order valence-corrected chi connectivity index (χ1v) is 9.00. The van der Waals surface area contributed by atoms with Gasteiger partial charge in [-0.1, -0.05) is 54.5 Å². The number of aliphatic imine (C=N–C) groups is 2. The highest BCUT2D eigenvalue weighted by Crippen LogP contribution is 2.27. The third-order valence-electron chi connectivity index (χ3n) is 4.38. The first-order valence-electron chi connectivity index (χ1n) is 8.63. The van der Waals surface area contributed by atoms with Gasteiger partial charge in [-0.2, -0.15) is 9.98 Å². The standard InChI is InChI=1S/C18H21ClFN5.ClH/c1-3-5-7-12(4-2)24-17-13(10-21-18-22-11-23-25(17)18)16-14(19)8-6-9-15(16)20;/h6,8-12,24H,3-5,7H2,1-2H3;1H. The van der Waals surface area contributed by atoms with Crippen LogP contribution in [0.25, 0.3) is 5.57 Å². The number of hydrogen-bond acceptors (Lipinski definition) is 4. The van der Waals surface area contributed by atoms with Crippen LogP contribution in [-0.2, 0) is 0 Å². The van der Waals surface area contributed by atoms with Crippen LogP contribution in [0.3, 0.4) is 0 Å². The van der Waals surface area contributed by atoms with Gasteiger partial charge in [-0.25, -0.2) is 4.39 Å². The molecule has 0 fully saturated rings. The Morgan fingerprint density at radius 2 is 2.12 bits per heavy atom. The second-order valence-corrected chi connectivity index (χ2v) is 6.49. The minimum atomic E-state index is -0.377. The van der Waals surface area contributed by atoms with E-state index in [9.17, 15) is 4.39 Å². The Labute approximate surface area is 164 Å². The Morgan fingerprint density at radius 3 is 2.81 bits per heavy atom. The van der Waals surface area contributed by atoms with Crippen molar-refractivity contribution in [2.24, 2.45) is 15.1 Å². The van der Waals surface area contributed by atoms with Crippen molar-refractivity contribution in [3.63, 3.8) is 0 Å². The van der Waals surface area contributed by atoms with Gasteiger partial charge in [0.25, 0.3) is 0 Å². The summed E-state index contributed by atoms with van der Waals surface area (Å²) >= 11 is 6.28. The van der Waals surface area contributed by atoms with Crippen LogP contribution in [0.2, 0.25) is 5.02 Å². The smallest absolute Gasteiger partial charge is 0.362 e. The Bertz CT molecular complexity index is 753. The van der Waals surface area contributed by atoms with Crippen LogP contribution in [0.15, 0.2) is 39.1 Å². The summed E-state index contributed by atoms with van der Waals surface area (Å²) in [6.45, 7) is 4.31. The predicted octanol–water partition coefficient (Wildman–Crippen LogP) is -0.00770. The summed E-state index contributed by atoms with van der Waals surface area (Å²) in [6, 6.07) is 4.95. The van der Waals surface area contributed by atoms with E-state index in [4.69, 9.17) is 11.6 Å². The Kier molecular flexibility index (Phi) is 7.32. The fourth-order valence-electron chi connectivity index (χ4n) is 2.97. The highest BCUT2D eigenvalue weighted by Gasteiger charge is 2.35. The molecule has 2 N–H and O–H groups in total. The lowest BCUT2D eigenvalue weighted by molar-refractivity contribution is -0.771. The van der Waals surface area contributed by atoms with Gasteiger partial charge in [0.2, 0.25) is 5.82 Å². The van der Waals surface area contributed by atoms with Gasteiger partial charge in [-0.3, -0.25) is 0 Å².